The minimum absolute atomic E-state index is 0.110. The molecule has 0 aromatic heterocycles. The number of benzene rings is 2. The van der Waals surface area contributed by atoms with E-state index in [0.717, 1.165) is 23.1 Å². The molecule has 1 aliphatic rings. The van der Waals surface area contributed by atoms with Gasteiger partial charge in [-0.2, -0.15) is 0 Å². The minimum Gasteiger partial charge on any atom is -0.870 e. The lowest BCUT2D eigenvalue weighted by atomic mass is 10.1. The van der Waals surface area contributed by atoms with Gasteiger partial charge in [-0.25, -0.2) is 9.18 Å². The van der Waals surface area contributed by atoms with E-state index in [1.165, 1.54) is 18.2 Å². The third-order valence-electron chi connectivity index (χ3n) is 4.13. The van der Waals surface area contributed by atoms with E-state index in [1.807, 2.05) is 0 Å². The highest BCUT2D eigenvalue weighted by molar-refractivity contribution is 6.14. The number of hydrogen-bond donors (Lipinski definition) is 1. The zero-order valence-corrected chi connectivity index (χ0v) is 15.2. The van der Waals surface area contributed by atoms with Gasteiger partial charge in [0.1, 0.15) is 17.3 Å². The molecule has 10 heteroatoms. The third-order valence-corrected chi connectivity index (χ3v) is 4.13. The number of carbonyl (C=O) groups is 2. The van der Waals surface area contributed by atoms with E-state index in [1.54, 1.807) is 13.0 Å². The van der Waals surface area contributed by atoms with Crippen LogP contribution in [0.1, 0.15) is 18.1 Å². The standard InChI is InChI=1S/C19H16FN3O6/c1-2-29-16-9-13(23(27)28)7-12(17(16)24)8-15-18(25)22(19(26)21-15)10-11-5-3-4-6-14(11)20/h3-9,24H,2,10H2,1H3,(H,21,26)/p-1/b15-8-. The summed E-state index contributed by atoms with van der Waals surface area (Å²) in [6.45, 7) is 1.41. The Hall–Kier alpha value is -3.95. The summed E-state index contributed by atoms with van der Waals surface area (Å²) in [6, 6.07) is 6.85. The van der Waals surface area contributed by atoms with Crippen molar-refractivity contribution in [1.29, 1.82) is 0 Å². The van der Waals surface area contributed by atoms with E-state index in [0.29, 0.717) is 0 Å². The maximum absolute atomic E-state index is 13.8. The molecule has 1 saturated heterocycles. The number of carbonyl (C=O) groups excluding carboxylic acids is 2. The summed E-state index contributed by atoms with van der Waals surface area (Å²) >= 11 is 0. The summed E-state index contributed by atoms with van der Waals surface area (Å²) in [5.41, 5.74) is -0.721. The molecule has 0 atom stereocenters. The Morgan fingerprint density at radius 3 is 2.66 bits per heavy atom. The van der Waals surface area contributed by atoms with Crippen molar-refractivity contribution in [3.63, 3.8) is 0 Å². The van der Waals surface area contributed by atoms with Crippen molar-refractivity contribution in [2.75, 3.05) is 6.61 Å². The Kier molecular flexibility index (Phi) is 5.44. The Labute approximate surface area is 164 Å². The number of rotatable bonds is 6. The van der Waals surface area contributed by atoms with Gasteiger partial charge in [-0.3, -0.25) is 19.8 Å². The van der Waals surface area contributed by atoms with Crippen molar-refractivity contribution in [2.45, 2.75) is 13.5 Å². The Morgan fingerprint density at radius 2 is 2.00 bits per heavy atom. The van der Waals surface area contributed by atoms with Crippen molar-refractivity contribution >= 4 is 23.7 Å². The van der Waals surface area contributed by atoms with Crippen molar-refractivity contribution in [3.8, 4) is 11.5 Å². The molecule has 1 heterocycles. The predicted molar refractivity (Wildman–Crippen MR) is 97.2 cm³/mol. The van der Waals surface area contributed by atoms with Crippen molar-refractivity contribution < 1.29 is 28.7 Å². The highest BCUT2D eigenvalue weighted by Gasteiger charge is 2.34. The number of amides is 3. The van der Waals surface area contributed by atoms with Crippen molar-refractivity contribution in [1.82, 2.24) is 10.2 Å². The molecule has 2 aromatic carbocycles. The largest absolute Gasteiger partial charge is 0.870 e. The SMILES string of the molecule is CCOc1cc([N+](=O)[O-])cc(/C=C2\NC(=O)N(Cc3ccccc3F)C2=O)c1[O-]. The zero-order chi connectivity index (χ0) is 21.1. The van der Waals surface area contributed by atoms with Crippen molar-refractivity contribution in [2.24, 2.45) is 0 Å². The van der Waals surface area contributed by atoms with Crippen LogP contribution in [0.3, 0.4) is 0 Å². The highest BCUT2D eigenvalue weighted by Crippen LogP contribution is 2.34. The smallest absolute Gasteiger partial charge is 0.329 e. The molecule has 9 nitrogen and oxygen atoms in total. The first-order chi connectivity index (χ1) is 13.8. The van der Waals surface area contributed by atoms with Gasteiger partial charge in [-0.1, -0.05) is 23.9 Å². The third kappa shape index (κ3) is 4.00. The molecule has 1 aliphatic heterocycles. The summed E-state index contributed by atoms with van der Waals surface area (Å²) in [6.07, 6.45) is 1.04. The van der Waals surface area contributed by atoms with Gasteiger partial charge in [0.25, 0.3) is 11.6 Å². The number of non-ortho nitro benzene ring substituents is 1. The number of nitro benzene ring substituents is 1. The van der Waals surface area contributed by atoms with Crippen LogP contribution < -0.4 is 15.2 Å². The molecule has 0 saturated carbocycles. The highest BCUT2D eigenvalue weighted by atomic mass is 19.1. The van der Waals surface area contributed by atoms with Crippen LogP contribution in [0.2, 0.25) is 0 Å². The van der Waals surface area contributed by atoms with Gasteiger partial charge in [0.15, 0.2) is 0 Å². The maximum Gasteiger partial charge on any atom is 0.329 e. The minimum atomic E-state index is -0.799. The van der Waals surface area contributed by atoms with Gasteiger partial charge in [0, 0.05) is 11.6 Å². The van der Waals surface area contributed by atoms with Gasteiger partial charge in [-0.15, -0.1) is 0 Å². The maximum atomic E-state index is 13.8. The number of imide groups is 1. The predicted octanol–water partition coefficient (Wildman–Crippen LogP) is 2.30. The number of nitrogens with one attached hydrogen (secondary N) is 1. The molecule has 2 aromatic rings. The van der Waals surface area contributed by atoms with E-state index in [2.05, 4.69) is 5.32 Å². The number of nitro groups is 1. The van der Waals surface area contributed by atoms with Gasteiger partial charge in [-0.05, 0) is 24.6 Å². The van der Waals surface area contributed by atoms with E-state index in [-0.39, 0.29) is 35.7 Å². The summed E-state index contributed by atoms with van der Waals surface area (Å²) in [5.74, 6) is -2.28. The van der Waals surface area contributed by atoms with E-state index in [4.69, 9.17) is 4.74 Å². The van der Waals surface area contributed by atoms with Crippen LogP contribution >= 0.6 is 0 Å². The lowest BCUT2D eigenvalue weighted by Crippen LogP contribution is -2.30. The van der Waals surface area contributed by atoms with Gasteiger partial charge in [0.2, 0.25) is 0 Å². The van der Waals surface area contributed by atoms with Crippen LogP contribution in [-0.4, -0.2) is 28.4 Å². The number of halogens is 1. The van der Waals surface area contributed by atoms with Gasteiger partial charge >= 0.3 is 6.03 Å². The fourth-order valence-electron chi connectivity index (χ4n) is 2.75. The first-order valence-electron chi connectivity index (χ1n) is 8.52. The molecule has 0 radical (unpaired) electrons. The topological polar surface area (TPSA) is 125 Å². The summed E-state index contributed by atoms with van der Waals surface area (Å²) in [5, 5.41) is 25.9. The molecule has 1 fully saturated rings. The average Bonchev–Trinajstić information content (AvgIpc) is 2.94. The lowest BCUT2D eigenvalue weighted by Gasteiger charge is -2.17. The zero-order valence-electron chi connectivity index (χ0n) is 15.2. The Morgan fingerprint density at radius 1 is 1.28 bits per heavy atom. The second kappa shape index (κ2) is 7.97. The number of nitrogens with zero attached hydrogens (tertiary/aromatic N) is 2. The first kappa shape index (κ1) is 19.8. The Balaban J connectivity index is 1.95. The molecule has 0 spiro atoms. The first-order valence-corrected chi connectivity index (χ1v) is 8.52. The number of ether oxygens (including phenoxy) is 1. The quantitative estimate of drug-likeness (QED) is 0.343. The summed E-state index contributed by atoms with van der Waals surface area (Å²) in [7, 11) is 0. The molecule has 0 aliphatic carbocycles. The van der Waals surface area contributed by atoms with Crippen LogP contribution in [-0.2, 0) is 11.3 Å². The molecule has 0 unspecified atom stereocenters. The van der Waals surface area contributed by atoms with Crippen molar-refractivity contribution in [3.05, 3.63) is 69.2 Å². The van der Waals surface area contributed by atoms with E-state index < -0.39 is 34.1 Å². The number of urea groups is 1. The number of hydrogen-bond acceptors (Lipinski definition) is 6. The fourth-order valence-corrected chi connectivity index (χ4v) is 2.75. The van der Waals surface area contributed by atoms with Crippen LogP contribution in [0.4, 0.5) is 14.9 Å². The van der Waals surface area contributed by atoms with E-state index >= 15 is 0 Å². The molecule has 3 amide bonds. The normalized spacial score (nSPS) is 15.0. The molecule has 1 N–H and O–H groups in total. The second-order valence-electron chi connectivity index (χ2n) is 6.02. The summed E-state index contributed by atoms with van der Waals surface area (Å²) in [4.78, 5) is 35.9. The van der Waals surface area contributed by atoms with Crippen LogP contribution in [0, 0.1) is 15.9 Å². The van der Waals surface area contributed by atoms with Crippen LogP contribution in [0.5, 0.6) is 11.5 Å². The molecule has 150 valence electrons. The van der Waals surface area contributed by atoms with Gasteiger partial charge in [0.05, 0.1) is 24.1 Å². The van der Waals surface area contributed by atoms with Crippen LogP contribution in [0.15, 0.2) is 42.1 Å². The van der Waals surface area contributed by atoms with Gasteiger partial charge < -0.3 is 15.2 Å². The average molecular weight is 400 g/mol. The Bertz CT molecular complexity index is 1040. The summed E-state index contributed by atoms with van der Waals surface area (Å²) < 4.78 is 19.0. The van der Waals surface area contributed by atoms with E-state index in [9.17, 15) is 29.2 Å². The fraction of sp³-hybridized carbons (Fsp3) is 0.158. The van der Waals surface area contributed by atoms with Crippen LogP contribution in [0.25, 0.3) is 6.08 Å². The molecular weight excluding hydrogens is 385 g/mol. The monoisotopic (exact) mass is 400 g/mol. The molecule has 29 heavy (non-hydrogen) atoms. The lowest BCUT2D eigenvalue weighted by molar-refractivity contribution is -0.385. The molecule has 0 bridgehead atoms. The molecular formula is C19H15FN3O6-. The molecule has 3 rings (SSSR count). The second-order valence-corrected chi connectivity index (χ2v) is 6.02.